The Morgan fingerprint density at radius 3 is 2.04 bits per heavy atom. The van der Waals surface area contributed by atoms with Crippen molar-refractivity contribution in [1.29, 1.82) is 0 Å². The molecule has 13 nitrogen and oxygen atoms in total. The molecule has 52 heavy (non-hydrogen) atoms. The van der Waals surface area contributed by atoms with Crippen LogP contribution in [0.25, 0.3) is 0 Å². The van der Waals surface area contributed by atoms with Crippen molar-refractivity contribution in [3.05, 3.63) is 0 Å². The molecule has 3 aliphatic heterocycles. The molecule has 3 rings (SSSR count). The number of aliphatic hydroxyl groups excluding tert-OH is 4. The van der Waals surface area contributed by atoms with Crippen LogP contribution in [0.15, 0.2) is 0 Å². The first-order chi connectivity index (χ1) is 23.9. The molecule has 0 saturated carbocycles. The summed E-state index contributed by atoms with van der Waals surface area (Å²) in [4.78, 5) is 16.4. The highest BCUT2D eigenvalue weighted by atomic mass is 16.7. The molecular formula is C39H73NO12. The predicted octanol–water partition coefficient (Wildman–Crippen LogP) is 2.63. The van der Waals surface area contributed by atoms with E-state index in [1.165, 1.54) is 14.0 Å². The molecule has 3 saturated heterocycles. The Balaban J connectivity index is 2.24. The second-order valence-electron chi connectivity index (χ2n) is 17.6. The van der Waals surface area contributed by atoms with E-state index in [1.54, 1.807) is 48.5 Å². The van der Waals surface area contributed by atoms with Crippen molar-refractivity contribution in [2.24, 2.45) is 29.6 Å². The van der Waals surface area contributed by atoms with Crippen molar-refractivity contribution < 1.29 is 59.1 Å². The van der Waals surface area contributed by atoms with E-state index < -0.39 is 107 Å². The van der Waals surface area contributed by atoms with Crippen LogP contribution in [0.5, 0.6) is 0 Å². The first-order valence-corrected chi connectivity index (χ1v) is 19.5. The molecule has 3 fully saturated rings. The highest BCUT2D eigenvalue weighted by Gasteiger charge is 2.55. The number of carbonyl (C=O) groups excluding carboxylic acids is 1. The number of rotatable bonds is 7. The number of methoxy groups -OCH3 is 1. The lowest BCUT2D eigenvalue weighted by Crippen LogP contribution is -2.62. The second-order valence-corrected chi connectivity index (χ2v) is 17.6. The average Bonchev–Trinajstić information content (AvgIpc) is 3.06. The number of carbonyl (C=O) groups is 1. The number of ether oxygens (including phenoxy) is 5. The Morgan fingerprint density at radius 1 is 0.904 bits per heavy atom. The molecule has 0 aromatic heterocycles. The van der Waals surface area contributed by atoms with Gasteiger partial charge in [0.1, 0.15) is 23.9 Å². The topological polar surface area (TPSA) is 188 Å². The maximum atomic E-state index is 14.3. The van der Waals surface area contributed by atoms with Crippen molar-refractivity contribution in [1.82, 2.24) is 4.90 Å². The predicted molar refractivity (Wildman–Crippen MR) is 195 cm³/mol. The van der Waals surface area contributed by atoms with Crippen molar-refractivity contribution >= 4 is 5.97 Å². The molecule has 19 atom stereocenters. The molecule has 0 spiro atoms. The fourth-order valence-electron chi connectivity index (χ4n) is 9.41. The van der Waals surface area contributed by atoms with Crippen LogP contribution in [0.1, 0.15) is 109 Å². The SMILES string of the molecule is CC[C@H]1OC(=O)[C@H](C)[C@@H](C2C[C@@](C)(OC)[C@@H](O)[C@H](C)O2)[C@H](C)[C@@H](O[C@@H]2O[C@H](C)C[C@H](N(C)C(C)C)[C@H]2O)[C@](C)(O)C[C@@H](C)[C@H](O)[C@H](C)[C@@H](O)[C@]1(C)O. The summed E-state index contributed by atoms with van der Waals surface area (Å²) in [6.45, 7) is 21.2. The fourth-order valence-corrected chi connectivity index (χ4v) is 9.41. The van der Waals surface area contributed by atoms with Gasteiger partial charge in [0.2, 0.25) is 0 Å². The minimum Gasteiger partial charge on any atom is -0.459 e. The molecule has 1 unspecified atom stereocenters. The lowest BCUT2D eigenvalue weighted by atomic mass is 9.67. The lowest BCUT2D eigenvalue weighted by Gasteiger charge is -2.52. The summed E-state index contributed by atoms with van der Waals surface area (Å²) in [5, 5.41) is 70.2. The third-order valence-corrected chi connectivity index (χ3v) is 13.1. The Kier molecular flexibility index (Phi) is 15.2. The Hall–Kier alpha value is -0.970. The van der Waals surface area contributed by atoms with Crippen LogP contribution < -0.4 is 0 Å². The number of hydrogen-bond donors (Lipinski definition) is 6. The van der Waals surface area contributed by atoms with Gasteiger partial charge in [-0.05, 0) is 86.6 Å². The first-order valence-electron chi connectivity index (χ1n) is 19.5. The largest absolute Gasteiger partial charge is 0.459 e. The van der Waals surface area contributed by atoms with Gasteiger partial charge in [-0.2, -0.15) is 0 Å². The summed E-state index contributed by atoms with van der Waals surface area (Å²) in [6, 6.07) is -0.174. The first kappa shape index (κ1) is 45.4. The Labute approximate surface area is 312 Å². The van der Waals surface area contributed by atoms with Gasteiger partial charge in [-0.25, -0.2) is 0 Å². The van der Waals surface area contributed by atoms with Crippen LogP contribution >= 0.6 is 0 Å². The third-order valence-electron chi connectivity index (χ3n) is 13.1. The summed E-state index contributed by atoms with van der Waals surface area (Å²) < 4.78 is 31.4. The molecule has 306 valence electrons. The van der Waals surface area contributed by atoms with E-state index in [-0.39, 0.29) is 37.5 Å². The molecule has 0 amide bonds. The summed E-state index contributed by atoms with van der Waals surface area (Å²) in [7, 11) is 3.46. The van der Waals surface area contributed by atoms with Crippen molar-refractivity contribution in [2.75, 3.05) is 14.2 Å². The second kappa shape index (κ2) is 17.4. The summed E-state index contributed by atoms with van der Waals surface area (Å²) in [6.07, 6.45) is -8.79. The standard InChI is InChI=1S/C39H73NO12/c1-15-28-39(12,47)32(43)24(8)30(41)20(4)17-37(10,46)34(52-36-31(42)26(16-21(5)49-36)40(13)19(2)3)22(6)29(23(7)35(45)51-28)27-18-38(11,48-14)33(44)25(9)50-27/h19-34,36,41-44,46-47H,15-18H2,1-14H3/t20-,21-,22+,23-,24+,25+,26+,27?,28-,29+,30+,31-,32-,33+,34-,36+,37-,38-,39-/m1/s1. The molecule has 13 heteroatoms. The maximum absolute atomic E-state index is 14.3. The number of esters is 1. The summed E-state index contributed by atoms with van der Waals surface area (Å²) in [5.74, 6) is -4.46. The van der Waals surface area contributed by atoms with Crippen LogP contribution in [0.3, 0.4) is 0 Å². The molecule has 0 aromatic carbocycles. The summed E-state index contributed by atoms with van der Waals surface area (Å²) >= 11 is 0. The smallest absolute Gasteiger partial charge is 0.309 e. The molecule has 0 aromatic rings. The van der Waals surface area contributed by atoms with Gasteiger partial charge in [-0.3, -0.25) is 9.69 Å². The van der Waals surface area contributed by atoms with Gasteiger partial charge >= 0.3 is 5.97 Å². The van der Waals surface area contributed by atoms with E-state index >= 15 is 0 Å². The molecule has 3 aliphatic rings. The Morgan fingerprint density at radius 2 is 1.50 bits per heavy atom. The van der Waals surface area contributed by atoms with Gasteiger partial charge < -0.3 is 54.3 Å². The van der Waals surface area contributed by atoms with E-state index in [1.807, 2.05) is 34.7 Å². The number of hydrogen-bond acceptors (Lipinski definition) is 13. The molecule has 3 heterocycles. The van der Waals surface area contributed by atoms with Crippen LogP contribution in [-0.2, 0) is 28.5 Å². The zero-order valence-electron chi connectivity index (χ0n) is 34.2. The minimum absolute atomic E-state index is 0.00471. The Bertz CT molecular complexity index is 1150. The van der Waals surface area contributed by atoms with Gasteiger partial charge in [0.25, 0.3) is 0 Å². The molecular weight excluding hydrogens is 674 g/mol. The maximum Gasteiger partial charge on any atom is 0.309 e. The van der Waals surface area contributed by atoms with Gasteiger partial charge in [0.15, 0.2) is 6.29 Å². The lowest BCUT2D eigenvalue weighted by molar-refractivity contribution is -0.304. The van der Waals surface area contributed by atoms with Gasteiger partial charge in [0, 0.05) is 37.5 Å². The van der Waals surface area contributed by atoms with Crippen LogP contribution in [0.2, 0.25) is 0 Å². The van der Waals surface area contributed by atoms with E-state index in [0.717, 1.165) is 0 Å². The molecule has 6 N–H and O–H groups in total. The molecule has 0 bridgehead atoms. The minimum atomic E-state index is -1.91. The number of likely N-dealkylation sites (N-methyl/N-ethyl adjacent to an activating group) is 1. The highest BCUT2D eigenvalue weighted by molar-refractivity contribution is 5.73. The number of aliphatic hydroxyl groups is 6. The van der Waals surface area contributed by atoms with Crippen LogP contribution in [-0.4, -0.2) is 146 Å². The third kappa shape index (κ3) is 9.34. The van der Waals surface area contributed by atoms with Crippen LogP contribution in [0, 0.1) is 29.6 Å². The van der Waals surface area contributed by atoms with E-state index in [4.69, 9.17) is 23.7 Å². The van der Waals surface area contributed by atoms with Gasteiger partial charge in [-0.15, -0.1) is 0 Å². The zero-order valence-corrected chi connectivity index (χ0v) is 34.2. The number of nitrogens with zero attached hydrogens (tertiary/aromatic N) is 1. The van der Waals surface area contributed by atoms with Crippen molar-refractivity contribution in [3.63, 3.8) is 0 Å². The van der Waals surface area contributed by atoms with E-state index in [0.29, 0.717) is 6.42 Å². The van der Waals surface area contributed by atoms with Gasteiger partial charge in [0.05, 0.1) is 53.7 Å². The van der Waals surface area contributed by atoms with Crippen molar-refractivity contribution in [2.45, 2.75) is 199 Å². The molecule has 0 aliphatic carbocycles. The van der Waals surface area contributed by atoms with Crippen molar-refractivity contribution in [3.8, 4) is 0 Å². The fraction of sp³-hybridized carbons (Fsp3) is 0.974. The van der Waals surface area contributed by atoms with E-state index in [9.17, 15) is 35.4 Å². The van der Waals surface area contributed by atoms with E-state index in [2.05, 4.69) is 4.90 Å². The zero-order chi connectivity index (χ0) is 39.8. The normalized spacial score (nSPS) is 50.5. The highest BCUT2D eigenvalue weighted by Crippen LogP contribution is 2.45. The molecule has 0 radical (unpaired) electrons. The monoisotopic (exact) mass is 748 g/mol. The van der Waals surface area contributed by atoms with Crippen LogP contribution in [0.4, 0.5) is 0 Å². The number of cyclic esters (lactones) is 1. The quantitative estimate of drug-likeness (QED) is 0.209. The summed E-state index contributed by atoms with van der Waals surface area (Å²) in [5.41, 5.74) is -4.65. The van der Waals surface area contributed by atoms with Gasteiger partial charge in [-0.1, -0.05) is 34.6 Å². The average molecular weight is 748 g/mol.